The number of furan rings is 5. The predicted molar refractivity (Wildman–Crippen MR) is 260 cm³/mol. The average Bonchev–Trinajstić information content (AvgIpc) is 4.18. The highest BCUT2D eigenvalue weighted by molar-refractivity contribution is 6.13. The maximum atomic E-state index is 6.42. The number of fused-ring (bicyclic) bond motifs is 15. The first-order valence-electron chi connectivity index (χ1n) is 21.5. The minimum absolute atomic E-state index is 0.787. The van der Waals surface area contributed by atoms with Crippen LogP contribution in [-0.4, -0.2) is 9.97 Å². The summed E-state index contributed by atoms with van der Waals surface area (Å²) in [5, 5.41) is 10.7. The molecule has 0 spiro atoms. The SMILES string of the molecule is c1cc2c(cn1)oc1ccc(-c3ccc4oc5ccc(-c6ccc7oc8ccc(-c9ccc%10oc%11ccc(-c%12ccc%13oc%14cnccc%14c%13c%12)cc%11c%10c9)cc8c7c6)cc5c4c3)cc12. The van der Waals surface area contributed by atoms with Crippen molar-refractivity contribution in [2.24, 2.45) is 0 Å². The summed E-state index contributed by atoms with van der Waals surface area (Å²) in [6.45, 7) is 0. The molecule has 302 valence electrons. The Bertz CT molecular complexity index is 4210. The van der Waals surface area contributed by atoms with Gasteiger partial charge in [0.25, 0.3) is 0 Å². The lowest BCUT2D eigenvalue weighted by Gasteiger charge is -2.05. The van der Waals surface area contributed by atoms with E-state index in [0.29, 0.717) is 0 Å². The Morgan fingerprint density at radius 1 is 0.200 bits per heavy atom. The van der Waals surface area contributed by atoms with E-state index in [1.807, 2.05) is 24.3 Å². The Morgan fingerprint density at radius 3 is 0.631 bits per heavy atom. The third kappa shape index (κ3) is 5.18. The fourth-order valence-corrected chi connectivity index (χ4v) is 10.0. The molecule has 0 aliphatic rings. The van der Waals surface area contributed by atoms with Crippen molar-refractivity contribution >= 4 is 110 Å². The normalized spacial score (nSPS) is 12.3. The smallest absolute Gasteiger partial charge is 0.153 e. The van der Waals surface area contributed by atoms with Crippen LogP contribution in [0, 0.1) is 0 Å². The minimum Gasteiger partial charge on any atom is -0.456 e. The van der Waals surface area contributed by atoms with E-state index < -0.39 is 0 Å². The Kier molecular flexibility index (Phi) is 6.83. The summed E-state index contributed by atoms with van der Waals surface area (Å²) in [7, 11) is 0. The number of nitrogens with zero attached hydrogens (tertiary/aromatic N) is 2. The molecule has 0 unspecified atom stereocenters. The van der Waals surface area contributed by atoms with Crippen LogP contribution in [0.25, 0.3) is 154 Å². The molecule has 0 amide bonds. The molecular weight excluding hydrogens is 805 g/mol. The molecule has 15 aromatic rings. The quantitative estimate of drug-likeness (QED) is 0.174. The first-order chi connectivity index (χ1) is 32.1. The molecule has 15 rings (SSSR count). The van der Waals surface area contributed by atoms with Gasteiger partial charge in [0.2, 0.25) is 0 Å². The monoisotopic (exact) mass is 834 g/mol. The third-order valence-corrected chi connectivity index (χ3v) is 13.3. The van der Waals surface area contributed by atoms with Crippen LogP contribution >= 0.6 is 0 Å². The van der Waals surface area contributed by atoms with Crippen molar-refractivity contribution in [3.8, 4) is 44.5 Å². The van der Waals surface area contributed by atoms with Gasteiger partial charge in [0, 0.05) is 66.3 Å². The molecule has 7 heterocycles. The van der Waals surface area contributed by atoms with Crippen LogP contribution in [0.2, 0.25) is 0 Å². The van der Waals surface area contributed by atoms with E-state index in [0.717, 1.165) is 154 Å². The van der Waals surface area contributed by atoms with Gasteiger partial charge in [-0.1, -0.05) is 48.5 Å². The van der Waals surface area contributed by atoms with Crippen molar-refractivity contribution in [1.29, 1.82) is 0 Å². The highest BCUT2D eigenvalue weighted by Gasteiger charge is 2.17. The molecule has 0 aliphatic carbocycles. The zero-order valence-corrected chi connectivity index (χ0v) is 34.3. The number of benzene rings is 8. The van der Waals surface area contributed by atoms with Crippen molar-refractivity contribution in [2.45, 2.75) is 0 Å². The summed E-state index contributed by atoms with van der Waals surface area (Å²) in [5.41, 5.74) is 17.2. The summed E-state index contributed by atoms with van der Waals surface area (Å²) >= 11 is 0. The molecule has 0 N–H and O–H groups in total. The molecule has 0 saturated heterocycles. The molecule has 0 bridgehead atoms. The summed E-state index contributed by atoms with van der Waals surface area (Å²) in [6, 6.07) is 55.4. The summed E-state index contributed by atoms with van der Waals surface area (Å²) in [4.78, 5) is 8.47. The summed E-state index contributed by atoms with van der Waals surface area (Å²) < 4.78 is 31.3. The van der Waals surface area contributed by atoms with E-state index in [9.17, 15) is 0 Å². The van der Waals surface area contributed by atoms with Crippen LogP contribution in [0.5, 0.6) is 0 Å². The van der Waals surface area contributed by atoms with Crippen LogP contribution in [0.15, 0.2) is 205 Å². The number of aromatic nitrogens is 2. The second kappa shape index (κ2) is 12.8. The van der Waals surface area contributed by atoms with Gasteiger partial charge in [-0.25, -0.2) is 0 Å². The van der Waals surface area contributed by atoms with Gasteiger partial charge in [0.05, 0.1) is 12.4 Å². The number of hydrogen-bond acceptors (Lipinski definition) is 7. The highest BCUT2D eigenvalue weighted by Crippen LogP contribution is 2.41. The largest absolute Gasteiger partial charge is 0.456 e. The number of hydrogen-bond donors (Lipinski definition) is 0. The zero-order chi connectivity index (χ0) is 42.3. The molecule has 7 aromatic heterocycles. The first kappa shape index (κ1) is 34.6. The maximum absolute atomic E-state index is 6.42. The molecule has 0 saturated carbocycles. The zero-order valence-electron chi connectivity index (χ0n) is 34.3. The average molecular weight is 835 g/mol. The molecule has 0 atom stereocenters. The van der Waals surface area contributed by atoms with Crippen LogP contribution in [-0.2, 0) is 0 Å². The molecule has 0 fully saturated rings. The van der Waals surface area contributed by atoms with E-state index in [1.54, 1.807) is 24.8 Å². The van der Waals surface area contributed by atoms with E-state index in [-0.39, 0.29) is 0 Å². The number of pyridine rings is 2. The van der Waals surface area contributed by atoms with Gasteiger partial charge in [-0.3, -0.25) is 9.97 Å². The lowest BCUT2D eigenvalue weighted by Crippen LogP contribution is -1.80. The Hall–Kier alpha value is -8.94. The number of rotatable bonds is 4. The second-order valence-corrected chi connectivity index (χ2v) is 16.9. The Balaban J connectivity index is 0.796. The second-order valence-electron chi connectivity index (χ2n) is 16.9. The van der Waals surface area contributed by atoms with Crippen molar-refractivity contribution in [3.05, 3.63) is 183 Å². The van der Waals surface area contributed by atoms with Crippen molar-refractivity contribution in [3.63, 3.8) is 0 Å². The molecule has 0 aliphatic heterocycles. The molecular formula is C58H30N2O5. The van der Waals surface area contributed by atoms with E-state index >= 15 is 0 Å². The van der Waals surface area contributed by atoms with E-state index in [1.165, 1.54) is 0 Å². The maximum Gasteiger partial charge on any atom is 0.153 e. The van der Waals surface area contributed by atoms with Crippen LogP contribution in [0.3, 0.4) is 0 Å². The van der Waals surface area contributed by atoms with E-state index in [2.05, 4.69) is 143 Å². The lowest BCUT2D eigenvalue weighted by atomic mass is 9.97. The minimum atomic E-state index is 0.787. The lowest BCUT2D eigenvalue weighted by molar-refractivity contribution is 0.666. The molecule has 0 radical (unpaired) electrons. The van der Waals surface area contributed by atoms with Gasteiger partial charge >= 0.3 is 0 Å². The molecule has 7 heteroatoms. The standard InChI is InChI=1S/C58H30N2O5/c1-9-49-41(39-17-19-59-29-57(39)64-49)21-31(1)33-3-11-51-43(23-33)45-25-35(5-13-53(45)61-51)37-7-15-55-47(27-37)48-28-38(8-16-56(48)63-55)36-6-14-54-46(26-36)44-24-34(4-12-52(44)62-54)32-2-10-50-42(22-32)40-18-20-60-30-58(40)65-50/h1-30H. The highest BCUT2D eigenvalue weighted by atomic mass is 16.3. The van der Waals surface area contributed by atoms with Gasteiger partial charge in [-0.2, -0.15) is 0 Å². The predicted octanol–water partition coefficient (Wildman–Crippen LogP) is 16.6. The van der Waals surface area contributed by atoms with E-state index in [4.69, 9.17) is 22.1 Å². The molecule has 7 nitrogen and oxygen atoms in total. The molecule has 65 heavy (non-hydrogen) atoms. The van der Waals surface area contributed by atoms with Gasteiger partial charge in [-0.15, -0.1) is 0 Å². The van der Waals surface area contributed by atoms with Gasteiger partial charge in [0.15, 0.2) is 11.2 Å². The fraction of sp³-hybridized carbons (Fsp3) is 0. The van der Waals surface area contributed by atoms with Crippen LogP contribution < -0.4 is 0 Å². The van der Waals surface area contributed by atoms with Crippen molar-refractivity contribution in [1.82, 2.24) is 9.97 Å². The van der Waals surface area contributed by atoms with Crippen molar-refractivity contribution in [2.75, 3.05) is 0 Å². The van der Waals surface area contributed by atoms with Gasteiger partial charge < -0.3 is 22.1 Å². The van der Waals surface area contributed by atoms with Crippen molar-refractivity contribution < 1.29 is 22.1 Å². The molecule has 8 aromatic carbocycles. The summed E-state index contributed by atoms with van der Waals surface area (Å²) in [6.07, 6.45) is 7.15. The topological polar surface area (TPSA) is 91.5 Å². The van der Waals surface area contributed by atoms with Gasteiger partial charge in [-0.05, 0) is 154 Å². The van der Waals surface area contributed by atoms with Crippen LogP contribution in [0.4, 0.5) is 0 Å². The Morgan fingerprint density at radius 2 is 0.400 bits per heavy atom. The Labute approximate surface area is 367 Å². The summed E-state index contributed by atoms with van der Waals surface area (Å²) in [5.74, 6) is 0. The first-order valence-corrected chi connectivity index (χ1v) is 21.5. The third-order valence-electron chi connectivity index (χ3n) is 13.3. The van der Waals surface area contributed by atoms with Crippen LogP contribution in [0.1, 0.15) is 0 Å². The van der Waals surface area contributed by atoms with Gasteiger partial charge in [0.1, 0.15) is 44.7 Å². The fourth-order valence-electron chi connectivity index (χ4n) is 10.0.